The highest BCUT2D eigenvalue weighted by atomic mass is 32.2. The molecule has 0 unspecified atom stereocenters. The van der Waals surface area contributed by atoms with Gasteiger partial charge in [0.2, 0.25) is 0 Å². The predicted molar refractivity (Wildman–Crippen MR) is 74.8 cm³/mol. The fourth-order valence-electron chi connectivity index (χ4n) is 1.65. The maximum Gasteiger partial charge on any atom is 0.191 e. The first-order valence-corrected chi connectivity index (χ1v) is 7.18. The molecule has 0 amide bonds. The molecule has 0 saturated carbocycles. The molecule has 5 nitrogen and oxygen atoms in total. The lowest BCUT2D eigenvalue weighted by atomic mass is 10.1. The number of aliphatic hydroxyl groups excluding tert-OH is 1. The molecule has 2 rings (SSSR count). The monoisotopic (exact) mass is 278 g/mol. The first-order chi connectivity index (χ1) is 9.11. The summed E-state index contributed by atoms with van der Waals surface area (Å²) < 4.78 is 1.80. The van der Waals surface area contributed by atoms with Gasteiger partial charge in [-0.2, -0.15) is 0 Å². The van der Waals surface area contributed by atoms with Gasteiger partial charge < -0.3 is 9.67 Å². The molecule has 0 aliphatic rings. The quantitative estimate of drug-likeness (QED) is 0.849. The van der Waals surface area contributed by atoms with Crippen molar-refractivity contribution in [2.45, 2.75) is 37.3 Å². The van der Waals surface area contributed by atoms with E-state index in [4.69, 9.17) is 5.11 Å². The van der Waals surface area contributed by atoms with Crippen LogP contribution in [0.4, 0.5) is 0 Å². The van der Waals surface area contributed by atoms with E-state index in [1.54, 1.807) is 16.3 Å². The molecule has 102 valence electrons. The van der Waals surface area contributed by atoms with Crippen molar-refractivity contribution in [2.24, 2.45) is 7.05 Å². The lowest BCUT2D eigenvalue weighted by molar-refractivity contribution is 0.266. The molecule has 6 heteroatoms. The zero-order valence-corrected chi connectivity index (χ0v) is 12.2. The average Bonchev–Trinajstić information content (AvgIpc) is 2.77. The van der Waals surface area contributed by atoms with Crippen molar-refractivity contribution in [2.75, 3.05) is 0 Å². The van der Waals surface area contributed by atoms with Crippen LogP contribution in [-0.4, -0.2) is 24.9 Å². The lowest BCUT2D eigenvalue weighted by Gasteiger charge is -2.07. The summed E-state index contributed by atoms with van der Waals surface area (Å²) in [5, 5.41) is 17.8. The average molecular weight is 278 g/mol. The molecule has 2 heterocycles. The van der Waals surface area contributed by atoms with E-state index in [-0.39, 0.29) is 6.61 Å². The minimum atomic E-state index is -0.0921. The zero-order valence-electron chi connectivity index (χ0n) is 11.4. The number of rotatable bonds is 5. The van der Waals surface area contributed by atoms with E-state index in [2.05, 4.69) is 29.0 Å². The Bertz CT molecular complexity index is 553. The van der Waals surface area contributed by atoms with E-state index in [0.29, 0.717) is 11.7 Å². The van der Waals surface area contributed by atoms with Gasteiger partial charge >= 0.3 is 0 Å². The summed E-state index contributed by atoms with van der Waals surface area (Å²) in [6.45, 7) is 4.18. The first-order valence-electron chi connectivity index (χ1n) is 6.19. The van der Waals surface area contributed by atoms with Crippen molar-refractivity contribution >= 4 is 11.8 Å². The molecule has 0 saturated heterocycles. The summed E-state index contributed by atoms with van der Waals surface area (Å²) >= 11 is 1.57. The van der Waals surface area contributed by atoms with E-state index >= 15 is 0 Å². The maximum absolute atomic E-state index is 9.07. The van der Waals surface area contributed by atoms with E-state index in [1.165, 1.54) is 0 Å². The molecular weight excluding hydrogens is 260 g/mol. The number of hydrogen-bond acceptors (Lipinski definition) is 5. The van der Waals surface area contributed by atoms with Crippen molar-refractivity contribution in [3.8, 4) is 0 Å². The number of aromatic nitrogens is 4. The van der Waals surface area contributed by atoms with Crippen LogP contribution in [0.3, 0.4) is 0 Å². The molecule has 0 aromatic carbocycles. The van der Waals surface area contributed by atoms with Crippen LogP contribution in [0.5, 0.6) is 0 Å². The van der Waals surface area contributed by atoms with E-state index in [9.17, 15) is 0 Å². The standard InChI is InChI=1S/C13H18N4OS/c1-9(2)11-6-4-5-10(14-11)8-19-13-16-15-12(7-18)17(13)3/h4-6,9,18H,7-8H2,1-3H3. The Morgan fingerprint density at radius 3 is 2.74 bits per heavy atom. The second kappa shape index (κ2) is 6.16. The van der Waals surface area contributed by atoms with Crippen LogP contribution < -0.4 is 0 Å². The fraction of sp³-hybridized carbons (Fsp3) is 0.462. The summed E-state index contributed by atoms with van der Waals surface area (Å²) in [5.41, 5.74) is 2.14. The maximum atomic E-state index is 9.07. The highest BCUT2D eigenvalue weighted by molar-refractivity contribution is 7.98. The van der Waals surface area contributed by atoms with Crippen LogP contribution in [0.25, 0.3) is 0 Å². The first kappa shape index (κ1) is 14.0. The summed E-state index contributed by atoms with van der Waals surface area (Å²) in [7, 11) is 1.85. The third-order valence-corrected chi connectivity index (χ3v) is 3.89. The number of hydrogen-bond donors (Lipinski definition) is 1. The molecule has 2 aromatic heterocycles. The van der Waals surface area contributed by atoms with Gasteiger partial charge in [0.1, 0.15) is 6.61 Å². The van der Waals surface area contributed by atoms with Gasteiger partial charge in [0.15, 0.2) is 11.0 Å². The molecule has 0 aliphatic carbocycles. The van der Waals surface area contributed by atoms with Gasteiger partial charge in [-0.05, 0) is 18.1 Å². The largest absolute Gasteiger partial charge is 0.388 e. The minimum Gasteiger partial charge on any atom is -0.388 e. The molecule has 0 fully saturated rings. The summed E-state index contributed by atoms with van der Waals surface area (Å²) in [6, 6.07) is 6.10. The number of thioether (sulfide) groups is 1. The van der Waals surface area contributed by atoms with Crippen LogP contribution >= 0.6 is 11.8 Å². The number of aliphatic hydroxyl groups is 1. The van der Waals surface area contributed by atoms with E-state index in [0.717, 1.165) is 22.3 Å². The van der Waals surface area contributed by atoms with E-state index in [1.807, 2.05) is 25.2 Å². The van der Waals surface area contributed by atoms with Crippen LogP contribution in [0.1, 0.15) is 37.0 Å². The Hall–Kier alpha value is -1.40. The molecule has 0 spiro atoms. The molecule has 0 radical (unpaired) electrons. The van der Waals surface area contributed by atoms with Gasteiger partial charge in [0, 0.05) is 18.5 Å². The summed E-state index contributed by atoms with van der Waals surface area (Å²) in [5.74, 6) is 1.75. The minimum absolute atomic E-state index is 0.0921. The van der Waals surface area contributed by atoms with Crippen molar-refractivity contribution in [1.29, 1.82) is 0 Å². The Balaban J connectivity index is 2.06. The zero-order chi connectivity index (χ0) is 13.8. The summed E-state index contributed by atoms with van der Waals surface area (Å²) in [6.07, 6.45) is 0. The van der Waals surface area contributed by atoms with Crippen molar-refractivity contribution in [3.63, 3.8) is 0 Å². The van der Waals surface area contributed by atoms with Gasteiger partial charge in [-0.15, -0.1) is 10.2 Å². The molecule has 19 heavy (non-hydrogen) atoms. The lowest BCUT2D eigenvalue weighted by Crippen LogP contribution is -1.99. The van der Waals surface area contributed by atoms with E-state index < -0.39 is 0 Å². The second-order valence-electron chi connectivity index (χ2n) is 4.61. The fourth-order valence-corrected chi connectivity index (χ4v) is 2.48. The molecule has 1 N–H and O–H groups in total. The van der Waals surface area contributed by atoms with Gasteiger partial charge in [0.05, 0.1) is 5.69 Å². The molecular formula is C13H18N4OS. The third-order valence-electron chi connectivity index (χ3n) is 2.84. The highest BCUT2D eigenvalue weighted by Gasteiger charge is 2.09. The molecule has 0 bridgehead atoms. The van der Waals surface area contributed by atoms with Gasteiger partial charge in [0.25, 0.3) is 0 Å². The SMILES string of the molecule is CC(C)c1cccc(CSc2nnc(CO)n2C)n1. The molecule has 2 aromatic rings. The van der Waals surface area contributed by atoms with Crippen LogP contribution in [0.15, 0.2) is 23.4 Å². The van der Waals surface area contributed by atoms with Crippen molar-refractivity contribution in [1.82, 2.24) is 19.7 Å². The Morgan fingerprint density at radius 1 is 1.32 bits per heavy atom. The smallest absolute Gasteiger partial charge is 0.191 e. The van der Waals surface area contributed by atoms with Crippen molar-refractivity contribution in [3.05, 3.63) is 35.4 Å². The second-order valence-corrected chi connectivity index (χ2v) is 5.56. The summed E-state index contributed by atoms with van der Waals surface area (Å²) in [4.78, 5) is 4.62. The van der Waals surface area contributed by atoms with Crippen LogP contribution in [0, 0.1) is 0 Å². The third kappa shape index (κ3) is 3.33. The Kier molecular flexibility index (Phi) is 4.55. The van der Waals surface area contributed by atoms with Gasteiger partial charge in [-0.25, -0.2) is 0 Å². The van der Waals surface area contributed by atoms with Gasteiger partial charge in [-0.3, -0.25) is 4.98 Å². The van der Waals surface area contributed by atoms with Crippen LogP contribution in [0.2, 0.25) is 0 Å². The Labute approximate surface area is 117 Å². The number of nitrogens with zero attached hydrogens (tertiary/aromatic N) is 4. The van der Waals surface area contributed by atoms with Crippen molar-refractivity contribution < 1.29 is 5.11 Å². The van der Waals surface area contributed by atoms with Crippen LogP contribution in [-0.2, 0) is 19.4 Å². The predicted octanol–water partition coefficient (Wildman–Crippen LogP) is 2.12. The normalized spacial score (nSPS) is 11.2. The topological polar surface area (TPSA) is 63.8 Å². The Morgan fingerprint density at radius 2 is 2.11 bits per heavy atom. The van der Waals surface area contributed by atoms with Gasteiger partial charge in [-0.1, -0.05) is 31.7 Å². The number of pyridine rings is 1. The molecule has 0 atom stereocenters. The highest BCUT2D eigenvalue weighted by Crippen LogP contribution is 2.21. The molecule has 0 aliphatic heterocycles.